The summed E-state index contributed by atoms with van der Waals surface area (Å²) in [5.41, 5.74) is 2.25. The van der Waals surface area contributed by atoms with Gasteiger partial charge in [-0.3, -0.25) is 0 Å². The molecule has 0 aliphatic carbocycles. The normalized spacial score (nSPS) is 11.4. The Morgan fingerprint density at radius 3 is 1.74 bits per heavy atom. The zero-order valence-corrected chi connectivity index (χ0v) is 21.8. The van der Waals surface area contributed by atoms with Crippen LogP contribution in [0.5, 0.6) is 11.5 Å². The predicted octanol–water partition coefficient (Wildman–Crippen LogP) is 9.02. The fourth-order valence-corrected chi connectivity index (χ4v) is 4.49. The van der Waals surface area contributed by atoms with Crippen LogP contribution >= 0.6 is 23.2 Å². The Kier molecular flexibility index (Phi) is 7.82. The minimum Gasteiger partial charge on any atom is -0.489 e. The van der Waals surface area contributed by atoms with Crippen molar-refractivity contribution in [3.05, 3.63) is 130 Å². The SMILES string of the molecule is FC(F)(F)c1cc(COc2ccc(-c3ccc(OCc4ccccc4)cc3)cc2)n(-c2c(Cl)cccc2Cl)n1. The summed E-state index contributed by atoms with van der Waals surface area (Å²) in [6.45, 7) is 0.301. The van der Waals surface area contributed by atoms with E-state index in [0.29, 0.717) is 12.4 Å². The fraction of sp³-hybridized carbons (Fsp3) is 0.100. The van der Waals surface area contributed by atoms with Gasteiger partial charge >= 0.3 is 6.18 Å². The minimum absolute atomic E-state index is 0.146. The smallest absolute Gasteiger partial charge is 0.435 e. The quantitative estimate of drug-likeness (QED) is 0.187. The topological polar surface area (TPSA) is 36.3 Å². The van der Waals surface area contributed by atoms with Crippen LogP contribution in [0.2, 0.25) is 10.0 Å². The van der Waals surface area contributed by atoms with Gasteiger partial charge in [0.15, 0.2) is 5.69 Å². The number of alkyl halides is 3. The number of hydrogen-bond donors (Lipinski definition) is 0. The number of para-hydroxylation sites is 1. The molecular weight excluding hydrogens is 548 g/mol. The zero-order valence-electron chi connectivity index (χ0n) is 20.3. The summed E-state index contributed by atoms with van der Waals surface area (Å²) in [4.78, 5) is 0. The highest BCUT2D eigenvalue weighted by Gasteiger charge is 2.35. The molecule has 0 saturated carbocycles. The summed E-state index contributed by atoms with van der Waals surface area (Å²) >= 11 is 12.5. The Morgan fingerprint density at radius 1 is 0.667 bits per heavy atom. The van der Waals surface area contributed by atoms with Crippen LogP contribution in [0, 0.1) is 0 Å². The van der Waals surface area contributed by atoms with Gasteiger partial charge in [-0.2, -0.15) is 18.3 Å². The molecule has 0 spiro atoms. The molecule has 4 nitrogen and oxygen atoms in total. The van der Waals surface area contributed by atoms with Gasteiger partial charge in [0.05, 0.1) is 15.7 Å². The molecule has 1 heterocycles. The van der Waals surface area contributed by atoms with Crippen molar-refractivity contribution in [2.75, 3.05) is 0 Å². The van der Waals surface area contributed by atoms with E-state index in [9.17, 15) is 13.2 Å². The number of halogens is 5. The van der Waals surface area contributed by atoms with Crippen LogP contribution in [0.3, 0.4) is 0 Å². The van der Waals surface area contributed by atoms with Crippen molar-refractivity contribution in [3.63, 3.8) is 0 Å². The van der Waals surface area contributed by atoms with Gasteiger partial charge < -0.3 is 9.47 Å². The van der Waals surface area contributed by atoms with E-state index in [1.54, 1.807) is 18.2 Å². The number of benzene rings is 4. The number of nitrogens with zero attached hydrogens (tertiary/aromatic N) is 2. The van der Waals surface area contributed by atoms with Crippen LogP contribution in [0.4, 0.5) is 13.2 Å². The standard InChI is InChI=1S/C30H21Cl2F3N2O2/c31-26-7-4-8-27(32)29(26)37-23(17-28(36-37)30(33,34)35)19-39-25-15-11-22(12-16-25)21-9-13-24(14-10-21)38-18-20-5-2-1-3-6-20/h1-17H,18-19H2. The summed E-state index contributed by atoms with van der Waals surface area (Å²) in [5, 5.41) is 4.05. The van der Waals surface area contributed by atoms with Crippen molar-refractivity contribution < 1.29 is 22.6 Å². The van der Waals surface area contributed by atoms with Gasteiger partial charge in [0.1, 0.15) is 30.4 Å². The van der Waals surface area contributed by atoms with E-state index in [0.717, 1.165) is 33.2 Å². The largest absolute Gasteiger partial charge is 0.489 e. The highest BCUT2D eigenvalue weighted by atomic mass is 35.5. The van der Waals surface area contributed by atoms with Gasteiger partial charge in [-0.15, -0.1) is 0 Å². The molecular formula is C30H21Cl2F3N2O2. The molecule has 5 aromatic rings. The average molecular weight is 569 g/mol. The first-order valence-electron chi connectivity index (χ1n) is 11.9. The van der Waals surface area contributed by atoms with E-state index in [1.165, 1.54) is 12.1 Å². The van der Waals surface area contributed by atoms with Crippen molar-refractivity contribution in [2.24, 2.45) is 0 Å². The molecule has 0 bridgehead atoms. The van der Waals surface area contributed by atoms with E-state index < -0.39 is 11.9 Å². The molecule has 198 valence electrons. The van der Waals surface area contributed by atoms with Crippen LogP contribution in [0.25, 0.3) is 16.8 Å². The Labute approximate surface area is 233 Å². The number of aromatic nitrogens is 2. The molecule has 0 aliphatic rings. The number of hydrogen-bond acceptors (Lipinski definition) is 3. The summed E-state index contributed by atoms with van der Waals surface area (Å²) < 4.78 is 53.0. The van der Waals surface area contributed by atoms with Crippen molar-refractivity contribution in [3.8, 4) is 28.3 Å². The maximum Gasteiger partial charge on any atom is 0.435 e. The molecule has 9 heteroatoms. The molecule has 4 aromatic carbocycles. The van der Waals surface area contributed by atoms with E-state index >= 15 is 0 Å². The lowest BCUT2D eigenvalue weighted by molar-refractivity contribution is -0.141. The van der Waals surface area contributed by atoms with Crippen LogP contribution in [0.15, 0.2) is 103 Å². The van der Waals surface area contributed by atoms with Crippen molar-refractivity contribution in [1.29, 1.82) is 0 Å². The molecule has 0 atom stereocenters. The third kappa shape index (κ3) is 6.38. The maximum absolute atomic E-state index is 13.4. The Bertz CT molecular complexity index is 1530. The number of ether oxygens (including phenoxy) is 2. The average Bonchev–Trinajstić information content (AvgIpc) is 3.36. The Hall–Kier alpha value is -3.94. The van der Waals surface area contributed by atoms with E-state index in [2.05, 4.69) is 5.10 Å². The zero-order chi connectivity index (χ0) is 27.4. The van der Waals surface area contributed by atoms with Crippen LogP contribution < -0.4 is 9.47 Å². The second-order valence-electron chi connectivity index (χ2n) is 8.61. The third-order valence-electron chi connectivity index (χ3n) is 5.90. The lowest BCUT2D eigenvalue weighted by atomic mass is 10.1. The van der Waals surface area contributed by atoms with E-state index in [1.807, 2.05) is 66.7 Å². The minimum atomic E-state index is -4.64. The molecule has 0 fully saturated rings. The molecule has 0 saturated heterocycles. The van der Waals surface area contributed by atoms with Crippen LogP contribution in [-0.2, 0) is 19.4 Å². The van der Waals surface area contributed by atoms with Crippen LogP contribution in [0.1, 0.15) is 17.0 Å². The first-order chi connectivity index (χ1) is 18.8. The molecule has 39 heavy (non-hydrogen) atoms. The lowest BCUT2D eigenvalue weighted by Crippen LogP contribution is -2.09. The summed E-state index contributed by atoms with van der Waals surface area (Å²) in [6.07, 6.45) is -4.64. The molecule has 0 N–H and O–H groups in total. The lowest BCUT2D eigenvalue weighted by Gasteiger charge is -2.12. The predicted molar refractivity (Wildman–Crippen MR) is 146 cm³/mol. The van der Waals surface area contributed by atoms with Crippen molar-refractivity contribution in [2.45, 2.75) is 19.4 Å². The van der Waals surface area contributed by atoms with Gasteiger partial charge in [-0.05, 0) is 59.2 Å². The van der Waals surface area contributed by atoms with Crippen molar-refractivity contribution >= 4 is 23.2 Å². The molecule has 1 aromatic heterocycles. The van der Waals surface area contributed by atoms with Crippen LogP contribution in [-0.4, -0.2) is 9.78 Å². The third-order valence-corrected chi connectivity index (χ3v) is 6.51. The first-order valence-corrected chi connectivity index (χ1v) is 12.6. The summed E-state index contributed by atoms with van der Waals surface area (Å²) in [5.74, 6) is 1.24. The highest BCUT2D eigenvalue weighted by molar-refractivity contribution is 6.37. The van der Waals surface area contributed by atoms with Gasteiger partial charge in [0.2, 0.25) is 0 Å². The van der Waals surface area contributed by atoms with Crippen molar-refractivity contribution in [1.82, 2.24) is 9.78 Å². The van der Waals surface area contributed by atoms with Gasteiger partial charge in [-0.1, -0.05) is 83.9 Å². The van der Waals surface area contributed by atoms with E-state index in [4.69, 9.17) is 32.7 Å². The van der Waals surface area contributed by atoms with Gasteiger partial charge in [0, 0.05) is 0 Å². The highest BCUT2D eigenvalue weighted by Crippen LogP contribution is 2.34. The molecule has 0 radical (unpaired) electrons. The second-order valence-corrected chi connectivity index (χ2v) is 9.43. The molecule has 5 rings (SSSR count). The summed E-state index contributed by atoms with van der Waals surface area (Å²) in [7, 11) is 0. The first kappa shape index (κ1) is 26.7. The number of rotatable bonds is 8. The van der Waals surface area contributed by atoms with Gasteiger partial charge in [0.25, 0.3) is 0 Å². The molecule has 0 amide bonds. The summed E-state index contributed by atoms with van der Waals surface area (Å²) in [6, 6.07) is 30.5. The fourth-order valence-electron chi connectivity index (χ4n) is 3.93. The van der Waals surface area contributed by atoms with Gasteiger partial charge in [-0.25, -0.2) is 4.68 Å². The van der Waals surface area contributed by atoms with E-state index in [-0.39, 0.29) is 28.0 Å². The molecule has 0 aliphatic heterocycles. The second kappa shape index (κ2) is 11.4. The maximum atomic E-state index is 13.4. The molecule has 0 unspecified atom stereocenters. The monoisotopic (exact) mass is 568 g/mol. The Morgan fingerprint density at radius 2 is 1.21 bits per heavy atom. The Balaban J connectivity index is 1.28.